The van der Waals surface area contributed by atoms with Gasteiger partial charge in [-0.25, -0.2) is 19.2 Å². The van der Waals surface area contributed by atoms with E-state index >= 15 is 0 Å². The van der Waals surface area contributed by atoms with Crippen LogP contribution in [-0.2, 0) is 52.4 Å². The zero-order valence-corrected chi connectivity index (χ0v) is 21.1. The smallest absolute Gasteiger partial charge is 0.336 e. The van der Waals surface area contributed by atoms with E-state index in [0.29, 0.717) is 6.54 Å². The van der Waals surface area contributed by atoms with Crippen molar-refractivity contribution in [2.24, 2.45) is 5.92 Å². The van der Waals surface area contributed by atoms with Crippen molar-refractivity contribution < 1.29 is 77.9 Å². The van der Waals surface area contributed by atoms with Crippen molar-refractivity contribution in [2.75, 3.05) is 65.9 Å². The maximum absolute atomic E-state index is 11.3. The lowest BCUT2D eigenvalue weighted by molar-refractivity contribution is -0.183. The number of nitrogens with one attached hydrogen (secondary N) is 1. The first-order valence-electron chi connectivity index (χ1n) is 12.0. The molecule has 0 saturated carbocycles. The minimum absolute atomic E-state index is 0.140. The second-order valence-electron chi connectivity index (χ2n) is 8.12. The Kier molecular flexibility index (Phi) is 16.8. The summed E-state index contributed by atoms with van der Waals surface area (Å²) in [5.41, 5.74) is 0. The summed E-state index contributed by atoms with van der Waals surface area (Å²) in [4.78, 5) is 55.5. The van der Waals surface area contributed by atoms with Crippen molar-refractivity contribution in [3.05, 3.63) is 0 Å². The highest BCUT2D eigenvalue weighted by Crippen LogP contribution is 2.10. The number of hydrogen-bond acceptors (Lipinski definition) is 12. The Morgan fingerprint density at radius 1 is 0.513 bits per heavy atom. The molecule has 5 atom stereocenters. The first-order valence-corrected chi connectivity index (χ1v) is 12.0. The zero-order valence-electron chi connectivity index (χ0n) is 21.1. The molecule has 0 amide bonds. The second-order valence-corrected chi connectivity index (χ2v) is 8.12. The van der Waals surface area contributed by atoms with Crippen LogP contribution in [0, 0.1) is 5.92 Å². The number of ether oxygens (including phenoxy) is 6. The highest BCUT2D eigenvalue weighted by Gasteiger charge is 2.37. The molecule has 2 fully saturated rings. The average Bonchev–Trinajstić information content (AvgIpc) is 2.88. The van der Waals surface area contributed by atoms with Gasteiger partial charge in [0.2, 0.25) is 0 Å². The molecule has 6 N–H and O–H groups in total. The Bertz CT molecular complexity index is 688. The number of piperidine rings is 1. The quantitative estimate of drug-likeness (QED) is 0.209. The van der Waals surface area contributed by atoms with Gasteiger partial charge in [0.05, 0.1) is 58.8 Å². The van der Waals surface area contributed by atoms with Crippen LogP contribution < -0.4 is 5.32 Å². The van der Waals surface area contributed by atoms with Crippen LogP contribution in [0.2, 0.25) is 0 Å². The van der Waals surface area contributed by atoms with Crippen LogP contribution in [0.3, 0.4) is 0 Å². The molecule has 2 aliphatic heterocycles. The Labute approximate surface area is 222 Å². The molecule has 0 bridgehead atoms. The molecule has 17 nitrogen and oxygen atoms in total. The first-order chi connectivity index (χ1) is 18.6. The lowest BCUT2D eigenvalue weighted by atomic mass is 10.0. The lowest BCUT2D eigenvalue weighted by Gasteiger charge is -2.23. The Balaban J connectivity index is 0.000000708. The fourth-order valence-electron chi connectivity index (χ4n) is 3.36. The molecule has 2 heterocycles. The molecule has 0 aromatic rings. The standard InChI is InChI=1S/C16H24O14.C6H11NO2/c17-13(18)9-10(14(19)20)29-7-3-26-4-8-30-12(16(23)24)11(15(21)22)28-6-2-25-1-5-27-9;8-6(9)5-2-1-3-7-4-5/h9-12H,1-8H2,(H,17,18)(H,19,20)(H,21,22)(H,23,24);5,7H,1-4H2,(H,8,9)/t9-,10-,11-,12-;/m0./s1. The number of carbonyl (C=O) groups is 5. The van der Waals surface area contributed by atoms with E-state index in [9.17, 15) is 44.4 Å². The van der Waals surface area contributed by atoms with Gasteiger partial charge in [0.1, 0.15) is 0 Å². The van der Waals surface area contributed by atoms with Gasteiger partial charge in [-0.15, -0.1) is 0 Å². The molecular weight excluding hydrogens is 534 g/mol. The molecule has 0 aliphatic carbocycles. The number of carboxylic acid groups (broad SMARTS) is 5. The monoisotopic (exact) mass is 569 g/mol. The van der Waals surface area contributed by atoms with Gasteiger partial charge in [0.15, 0.2) is 24.4 Å². The largest absolute Gasteiger partial charge is 0.481 e. The van der Waals surface area contributed by atoms with E-state index in [1.807, 2.05) is 0 Å². The van der Waals surface area contributed by atoms with Crippen LogP contribution >= 0.6 is 0 Å². The Hall–Kier alpha value is -2.93. The van der Waals surface area contributed by atoms with E-state index in [1.165, 1.54) is 0 Å². The van der Waals surface area contributed by atoms with E-state index in [-0.39, 0.29) is 58.8 Å². The molecule has 0 aromatic carbocycles. The van der Waals surface area contributed by atoms with Crippen molar-refractivity contribution in [1.82, 2.24) is 5.32 Å². The van der Waals surface area contributed by atoms with Crippen LogP contribution in [0.5, 0.6) is 0 Å². The number of aliphatic carboxylic acids is 5. The van der Waals surface area contributed by atoms with Gasteiger partial charge in [0.25, 0.3) is 0 Å². The highest BCUT2D eigenvalue weighted by molar-refractivity contribution is 5.84. The van der Waals surface area contributed by atoms with Crippen molar-refractivity contribution in [3.8, 4) is 0 Å². The number of hydrogen-bond donors (Lipinski definition) is 6. The zero-order chi connectivity index (χ0) is 29.2. The van der Waals surface area contributed by atoms with Gasteiger partial charge in [-0.1, -0.05) is 0 Å². The minimum atomic E-state index is -1.79. The summed E-state index contributed by atoms with van der Waals surface area (Å²) in [5, 5.41) is 48.3. The second kappa shape index (κ2) is 19.2. The normalized spacial score (nSPS) is 28.4. The van der Waals surface area contributed by atoms with E-state index < -0.39 is 54.3 Å². The number of rotatable bonds is 5. The maximum atomic E-state index is 11.3. The average molecular weight is 570 g/mol. The molecule has 2 aliphatic rings. The van der Waals surface area contributed by atoms with Crippen LogP contribution in [0.4, 0.5) is 0 Å². The van der Waals surface area contributed by atoms with E-state index in [0.717, 1.165) is 19.4 Å². The van der Waals surface area contributed by atoms with Crippen molar-refractivity contribution >= 4 is 29.8 Å². The molecule has 17 heteroatoms. The van der Waals surface area contributed by atoms with Crippen LogP contribution in [0.25, 0.3) is 0 Å². The molecule has 0 spiro atoms. The summed E-state index contributed by atoms with van der Waals surface area (Å²) in [6.07, 6.45) is -5.34. The minimum Gasteiger partial charge on any atom is -0.481 e. The third kappa shape index (κ3) is 13.6. The third-order valence-corrected chi connectivity index (χ3v) is 5.27. The maximum Gasteiger partial charge on any atom is 0.336 e. The molecular formula is C22H35NO16. The summed E-state index contributed by atoms with van der Waals surface area (Å²) < 4.78 is 30.3. The van der Waals surface area contributed by atoms with Crippen molar-refractivity contribution in [3.63, 3.8) is 0 Å². The third-order valence-electron chi connectivity index (χ3n) is 5.27. The molecule has 0 aromatic heterocycles. The van der Waals surface area contributed by atoms with Gasteiger partial charge in [-0.05, 0) is 19.4 Å². The number of carboxylic acids is 5. The van der Waals surface area contributed by atoms with Gasteiger partial charge in [0, 0.05) is 6.54 Å². The Morgan fingerprint density at radius 2 is 0.846 bits per heavy atom. The molecule has 2 rings (SSSR count). The molecule has 0 radical (unpaired) electrons. The van der Waals surface area contributed by atoms with Crippen molar-refractivity contribution in [1.29, 1.82) is 0 Å². The van der Waals surface area contributed by atoms with Crippen LogP contribution in [-0.4, -0.2) is 146 Å². The predicted molar refractivity (Wildman–Crippen MR) is 124 cm³/mol. The molecule has 39 heavy (non-hydrogen) atoms. The summed E-state index contributed by atoms with van der Waals surface area (Å²) >= 11 is 0. The Morgan fingerprint density at radius 3 is 1.05 bits per heavy atom. The lowest BCUT2D eigenvalue weighted by Crippen LogP contribution is -2.45. The first kappa shape index (κ1) is 34.1. The van der Waals surface area contributed by atoms with Gasteiger partial charge < -0.3 is 59.3 Å². The van der Waals surface area contributed by atoms with Gasteiger partial charge >= 0.3 is 29.8 Å². The van der Waals surface area contributed by atoms with E-state index in [2.05, 4.69) is 5.32 Å². The van der Waals surface area contributed by atoms with Crippen molar-refractivity contribution in [2.45, 2.75) is 37.3 Å². The topological polar surface area (TPSA) is 254 Å². The van der Waals surface area contributed by atoms with Crippen LogP contribution in [0.15, 0.2) is 0 Å². The molecule has 224 valence electrons. The van der Waals surface area contributed by atoms with E-state index in [4.69, 9.17) is 33.5 Å². The fourth-order valence-corrected chi connectivity index (χ4v) is 3.36. The SMILES string of the molecule is O=C(O)C1CCCNC1.O=C(O)[C@H]1OCCOCCO[C@H](C(=O)O)[C@@H](C(=O)O)OCCOCCO[C@@H]1C(=O)O. The summed E-state index contributed by atoms with van der Waals surface area (Å²) in [6, 6.07) is 0. The fraction of sp³-hybridized carbons (Fsp3) is 0.773. The van der Waals surface area contributed by atoms with Gasteiger partial charge in [-0.2, -0.15) is 0 Å². The van der Waals surface area contributed by atoms with Gasteiger partial charge in [-0.3, -0.25) is 4.79 Å². The summed E-state index contributed by atoms with van der Waals surface area (Å²) in [5.74, 6) is -6.98. The predicted octanol–water partition coefficient (Wildman–Crippen LogP) is -2.02. The van der Waals surface area contributed by atoms with Crippen LogP contribution in [0.1, 0.15) is 12.8 Å². The summed E-state index contributed by atoms with van der Waals surface area (Å²) in [6.45, 7) is -0.253. The highest BCUT2D eigenvalue weighted by atomic mass is 16.6. The summed E-state index contributed by atoms with van der Waals surface area (Å²) in [7, 11) is 0. The molecule has 2 saturated heterocycles. The molecule has 1 unspecified atom stereocenters. The van der Waals surface area contributed by atoms with E-state index in [1.54, 1.807) is 0 Å².